The van der Waals surface area contributed by atoms with E-state index in [0.717, 1.165) is 18.4 Å². The molecule has 1 heterocycles. The molecule has 0 aromatic heterocycles. The van der Waals surface area contributed by atoms with E-state index in [2.05, 4.69) is 0 Å². The van der Waals surface area contributed by atoms with Crippen molar-refractivity contribution in [3.63, 3.8) is 0 Å². The van der Waals surface area contributed by atoms with Crippen LogP contribution in [0.25, 0.3) is 0 Å². The molecule has 1 aliphatic carbocycles. The van der Waals surface area contributed by atoms with Gasteiger partial charge in [-0.05, 0) is 31.2 Å². The SMILES string of the molecule is CCOC(C(=O)N1C[C@@H]2CCC[C@@]2(C(=O)O)C1)c1ccccc1. The van der Waals surface area contributed by atoms with Crippen LogP contribution in [0, 0.1) is 11.3 Å². The Morgan fingerprint density at radius 3 is 2.74 bits per heavy atom. The first-order valence-corrected chi connectivity index (χ1v) is 8.27. The number of carboxylic acid groups (broad SMARTS) is 1. The van der Waals surface area contributed by atoms with Crippen molar-refractivity contribution in [2.45, 2.75) is 32.3 Å². The van der Waals surface area contributed by atoms with Gasteiger partial charge in [0.15, 0.2) is 6.10 Å². The minimum atomic E-state index is -0.761. The summed E-state index contributed by atoms with van der Waals surface area (Å²) in [6, 6.07) is 9.42. The van der Waals surface area contributed by atoms with Gasteiger partial charge >= 0.3 is 5.97 Å². The molecule has 5 heteroatoms. The molecule has 5 nitrogen and oxygen atoms in total. The predicted octanol–water partition coefficient (Wildman–Crippen LogP) is 2.48. The van der Waals surface area contributed by atoms with Gasteiger partial charge in [-0.1, -0.05) is 36.8 Å². The molecular weight excluding hydrogens is 294 g/mol. The Bertz CT molecular complexity index is 588. The van der Waals surface area contributed by atoms with E-state index in [9.17, 15) is 14.7 Å². The Morgan fingerprint density at radius 2 is 2.13 bits per heavy atom. The molecule has 1 saturated carbocycles. The molecule has 1 N–H and O–H groups in total. The van der Waals surface area contributed by atoms with Crippen LogP contribution in [0.5, 0.6) is 0 Å². The Hall–Kier alpha value is -1.88. The van der Waals surface area contributed by atoms with Crippen molar-refractivity contribution in [1.29, 1.82) is 0 Å². The number of benzene rings is 1. The highest BCUT2D eigenvalue weighted by Crippen LogP contribution is 2.49. The summed E-state index contributed by atoms with van der Waals surface area (Å²) in [5.41, 5.74) is 0.0733. The van der Waals surface area contributed by atoms with E-state index in [4.69, 9.17) is 4.74 Å². The number of hydrogen-bond acceptors (Lipinski definition) is 3. The zero-order valence-electron chi connectivity index (χ0n) is 13.4. The number of carbonyl (C=O) groups excluding carboxylic acids is 1. The quantitative estimate of drug-likeness (QED) is 0.906. The van der Waals surface area contributed by atoms with Crippen LogP contribution in [-0.4, -0.2) is 41.6 Å². The highest BCUT2D eigenvalue weighted by atomic mass is 16.5. The van der Waals surface area contributed by atoms with Crippen LogP contribution in [0.1, 0.15) is 37.9 Å². The van der Waals surface area contributed by atoms with Crippen molar-refractivity contribution in [1.82, 2.24) is 4.90 Å². The topological polar surface area (TPSA) is 66.8 Å². The number of hydrogen-bond donors (Lipinski definition) is 1. The van der Waals surface area contributed by atoms with E-state index in [1.807, 2.05) is 37.3 Å². The zero-order chi connectivity index (χ0) is 16.4. The fraction of sp³-hybridized carbons (Fsp3) is 0.556. The molecule has 1 aromatic carbocycles. The summed E-state index contributed by atoms with van der Waals surface area (Å²) >= 11 is 0. The molecule has 1 unspecified atom stereocenters. The molecule has 1 aliphatic heterocycles. The zero-order valence-corrected chi connectivity index (χ0v) is 13.4. The average molecular weight is 317 g/mol. The third-order valence-corrected chi connectivity index (χ3v) is 5.27. The Kier molecular flexibility index (Phi) is 4.39. The molecule has 124 valence electrons. The number of ether oxygens (including phenoxy) is 1. The second kappa shape index (κ2) is 6.32. The maximum Gasteiger partial charge on any atom is 0.311 e. The number of rotatable bonds is 5. The first kappa shape index (κ1) is 16.0. The highest BCUT2D eigenvalue weighted by molar-refractivity contribution is 5.85. The van der Waals surface area contributed by atoms with Crippen LogP contribution in [0.3, 0.4) is 0 Å². The molecule has 1 saturated heterocycles. The van der Waals surface area contributed by atoms with Crippen LogP contribution >= 0.6 is 0 Å². The smallest absolute Gasteiger partial charge is 0.311 e. The number of nitrogens with zero attached hydrogens (tertiary/aromatic N) is 1. The molecule has 0 radical (unpaired) electrons. The predicted molar refractivity (Wildman–Crippen MR) is 84.8 cm³/mol. The molecule has 3 rings (SSSR count). The third kappa shape index (κ3) is 2.74. The van der Waals surface area contributed by atoms with Gasteiger partial charge < -0.3 is 14.7 Å². The van der Waals surface area contributed by atoms with Gasteiger partial charge in [0.2, 0.25) is 0 Å². The number of carbonyl (C=O) groups is 2. The lowest BCUT2D eigenvalue weighted by molar-refractivity contribution is -0.150. The van der Waals surface area contributed by atoms with Crippen LogP contribution < -0.4 is 0 Å². The van der Waals surface area contributed by atoms with Crippen LogP contribution in [0.2, 0.25) is 0 Å². The summed E-state index contributed by atoms with van der Waals surface area (Å²) in [5.74, 6) is -0.807. The van der Waals surface area contributed by atoms with Crippen LogP contribution in [0.15, 0.2) is 30.3 Å². The average Bonchev–Trinajstić information content (AvgIpc) is 3.11. The number of likely N-dealkylation sites (tertiary alicyclic amines) is 1. The summed E-state index contributed by atoms with van der Waals surface area (Å²) in [4.78, 5) is 26.4. The fourth-order valence-corrected chi connectivity index (χ4v) is 4.08. The van der Waals surface area contributed by atoms with Gasteiger partial charge in [-0.25, -0.2) is 0 Å². The van der Waals surface area contributed by atoms with E-state index in [0.29, 0.717) is 26.1 Å². The monoisotopic (exact) mass is 317 g/mol. The van der Waals surface area contributed by atoms with E-state index >= 15 is 0 Å². The van der Waals surface area contributed by atoms with E-state index in [1.54, 1.807) is 4.90 Å². The van der Waals surface area contributed by atoms with E-state index in [-0.39, 0.29) is 11.8 Å². The lowest BCUT2D eigenvalue weighted by Gasteiger charge is -2.26. The summed E-state index contributed by atoms with van der Waals surface area (Å²) in [7, 11) is 0. The van der Waals surface area contributed by atoms with Crippen molar-refractivity contribution >= 4 is 11.9 Å². The summed E-state index contributed by atoms with van der Waals surface area (Å²) in [5, 5.41) is 9.66. The Balaban J connectivity index is 1.81. The van der Waals surface area contributed by atoms with Gasteiger partial charge in [0.05, 0.1) is 5.41 Å². The van der Waals surface area contributed by atoms with Crippen molar-refractivity contribution in [3.05, 3.63) is 35.9 Å². The first-order chi connectivity index (χ1) is 11.1. The number of amides is 1. The van der Waals surface area contributed by atoms with Gasteiger partial charge in [-0.15, -0.1) is 0 Å². The highest BCUT2D eigenvalue weighted by Gasteiger charge is 2.56. The van der Waals surface area contributed by atoms with Crippen LogP contribution in [-0.2, 0) is 14.3 Å². The minimum Gasteiger partial charge on any atom is -0.481 e. The molecule has 1 amide bonds. The first-order valence-electron chi connectivity index (χ1n) is 8.27. The molecule has 2 aliphatic rings. The van der Waals surface area contributed by atoms with Gasteiger partial charge in [0.1, 0.15) is 0 Å². The molecule has 2 fully saturated rings. The Morgan fingerprint density at radius 1 is 1.39 bits per heavy atom. The minimum absolute atomic E-state index is 0.0713. The van der Waals surface area contributed by atoms with Gasteiger partial charge in [-0.3, -0.25) is 9.59 Å². The Labute approximate surface area is 136 Å². The largest absolute Gasteiger partial charge is 0.481 e. The maximum absolute atomic E-state index is 12.9. The van der Waals surface area contributed by atoms with Gasteiger partial charge in [0.25, 0.3) is 5.91 Å². The lowest BCUT2D eigenvalue weighted by Crippen LogP contribution is -2.39. The van der Waals surface area contributed by atoms with Crippen molar-refractivity contribution in [2.75, 3.05) is 19.7 Å². The van der Waals surface area contributed by atoms with Gasteiger partial charge in [0, 0.05) is 19.7 Å². The van der Waals surface area contributed by atoms with Gasteiger partial charge in [-0.2, -0.15) is 0 Å². The van der Waals surface area contributed by atoms with E-state index in [1.165, 1.54) is 0 Å². The normalized spacial score (nSPS) is 27.7. The molecule has 23 heavy (non-hydrogen) atoms. The molecule has 0 bridgehead atoms. The maximum atomic E-state index is 12.9. The number of fused-ring (bicyclic) bond motifs is 1. The number of carboxylic acids is 1. The lowest BCUT2D eigenvalue weighted by atomic mass is 9.81. The van der Waals surface area contributed by atoms with Crippen molar-refractivity contribution in [3.8, 4) is 0 Å². The van der Waals surface area contributed by atoms with Crippen molar-refractivity contribution < 1.29 is 19.4 Å². The second-order valence-corrected chi connectivity index (χ2v) is 6.52. The summed E-state index contributed by atoms with van der Waals surface area (Å²) in [6.07, 6.45) is 1.85. The summed E-state index contributed by atoms with van der Waals surface area (Å²) in [6.45, 7) is 3.14. The molecular formula is C18H23NO4. The fourth-order valence-electron chi connectivity index (χ4n) is 4.08. The molecule has 0 spiro atoms. The van der Waals surface area contributed by atoms with Crippen molar-refractivity contribution in [2.24, 2.45) is 11.3 Å². The molecule has 1 aromatic rings. The van der Waals surface area contributed by atoms with E-state index < -0.39 is 17.5 Å². The van der Waals surface area contributed by atoms with Crippen LogP contribution in [0.4, 0.5) is 0 Å². The third-order valence-electron chi connectivity index (χ3n) is 5.27. The standard InChI is InChI=1S/C18H23NO4/c1-2-23-15(13-7-4-3-5-8-13)16(20)19-11-14-9-6-10-18(14,12-19)17(21)22/h3-5,7-8,14-15H,2,6,9-12H2,1H3,(H,21,22)/t14-,15?,18+/m0/s1. The second-order valence-electron chi connectivity index (χ2n) is 6.52. The summed E-state index contributed by atoms with van der Waals surface area (Å²) < 4.78 is 5.68. The molecule has 3 atom stereocenters. The number of aliphatic carboxylic acids is 1.